The molecule has 0 aliphatic carbocycles. The SMILES string of the molecule is CCC1(C(=O)O)CCN(C(C)C(=O)NCCCOC)C1. The molecular weight excluding hydrogens is 260 g/mol. The molecule has 1 rings (SSSR count). The van der Waals surface area contributed by atoms with Crippen LogP contribution in [0.25, 0.3) is 0 Å². The minimum Gasteiger partial charge on any atom is -0.481 e. The summed E-state index contributed by atoms with van der Waals surface area (Å²) < 4.78 is 4.93. The monoisotopic (exact) mass is 286 g/mol. The third kappa shape index (κ3) is 3.93. The van der Waals surface area contributed by atoms with E-state index in [1.165, 1.54) is 0 Å². The van der Waals surface area contributed by atoms with Gasteiger partial charge in [-0.05, 0) is 26.2 Å². The van der Waals surface area contributed by atoms with Crippen LogP contribution >= 0.6 is 0 Å². The molecule has 6 heteroatoms. The number of carboxylic acid groups (broad SMARTS) is 1. The van der Waals surface area contributed by atoms with E-state index in [-0.39, 0.29) is 11.9 Å². The second kappa shape index (κ2) is 7.59. The maximum absolute atomic E-state index is 12.0. The van der Waals surface area contributed by atoms with E-state index < -0.39 is 11.4 Å². The molecule has 2 N–H and O–H groups in total. The Balaban J connectivity index is 2.46. The summed E-state index contributed by atoms with van der Waals surface area (Å²) in [5, 5.41) is 12.2. The highest BCUT2D eigenvalue weighted by molar-refractivity contribution is 5.81. The Bertz CT molecular complexity index is 348. The molecule has 6 nitrogen and oxygen atoms in total. The first-order valence-electron chi connectivity index (χ1n) is 7.21. The topological polar surface area (TPSA) is 78.9 Å². The van der Waals surface area contributed by atoms with Gasteiger partial charge in [0.25, 0.3) is 0 Å². The first kappa shape index (κ1) is 16.9. The standard InChI is InChI=1S/C14H26N2O4/c1-4-14(13(18)19)6-8-16(10-14)11(2)12(17)15-7-5-9-20-3/h11H,4-10H2,1-3H3,(H,15,17)(H,18,19). The van der Waals surface area contributed by atoms with Gasteiger partial charge in [0.1, 0.15) is 0 Å². The number of carboxylic acids is 1. The number of hydrogen-bond donors (Lipinski definition) is 2. The maximum Gasteiger partial charge on any atom is 0.310 e. The summed E-state index contributed by atoms with van der Waals surface area (Å²) in [5.74, 6) is -0.798. The molecule has 1 aliphatic rings. The van der Waals surface area contributed by atoms with E-state index in [1.807, 2.05) is 18.7 Å². The Hall–Kier alpha value is -1.14. The summed E-state index contributed by atoms with van der Waals surface area (Å²) in [5.41, 5.74) is -0.690. The fourth-order valence-corrected chi connectivity index (χ4v) is 2.59. The van der Waals surface area contributed by atoms with Crippen LogP contribution in [-0.4, -0.2) is 61.3 Å². The minimum absolute atomic E-state index is 0.0432. The van der Waals surface area contributed by atoms with Gasteiger partial charge in [0.2, 0.25) is 5.91 Å². The van der Waals surface area contributed by atoms with Crippen LogP contribution < -0.4 is 5.32 Å². The van der Waals surface area contributed by atoms with Crippen molar-refractivity contribution in [1.82, 2.24) is 10.2 Å². The Morgan fingerprint density at radius 1 is 1.50 bits per heavy atom. The molecule has 0 aromatic heterocycles. The van der Waals surface area contributed by atoms with Crippen LogP contribution in [0.1, 0.15) is 33.1 Å². The van der Waals surface area contributed by atoms with Crippen LogP contribution in [0.2, 0.25) is 0 Å². The van der Waals surface area contributed by atoms with Gasteiger partial charge in [-0.1, -0.05) is 6.92 Å². The van der Waals surface area contributed by atoms with Crippen LogP contribution in [0.5, 0.6) is 0 Å². The van der Waals surface area contributed by atoms with Crippen molar-refractivity contribution in [3.8, 4) is 0 Å². The number of nitrogens with zero attached hydrogens (tertiary/aromatic N) is 1. The molecule has 1 fully saturated rings. The van der Waals surface area contributed by atoms with E-state index in [4.69, 9.17) is 4.74 Å². The largest absolute Gasteiger partial charge is 0.481 e. The van der Waals surface area contributed by atoms with Crippen molar-refractivity contribution in [2.24, 2.45) is 5.41 Å². The van der Waals surface area contributed by atoms with Crippen molar-refractivity contribution in [1.29, 1.82) is 0 Å². The number of ether oxygens (including phenoxy) is 1. The summed E-state index contributed by atoms with van der Waals surface area (Å²) in [4.78, 5) is 25.4. The number of hydrogen-bond acceptors (Lipinski definition) is 4. The molecule has 0 bridgehead atoms. The molecule has 0 aromatic carbocycles. The van der Waals surface area contributed by atoms with Gasteiger partial charge in [-0.2, -0.15) is 0 Å². The molecule has 0 radical (unpaired) electrons. The molecule has 0 saturated carbocycles. The van der Waals surface area contributed by atoms with Crippen molar-refractivity contribution in [3.63, 3.8) is 0 Å². The zero-order chi connectivity index (χ0) is 15.2. The summed E-state index contributed by atoms with van der Waals surface area (Å²) in [6.07, 6.45) is 1.99. The molecule has 2 atom stereocenters. The van der Waals surface area contributed by atoms with Crippen molar-refractivity contribution < 1.29 is 19.4 Å². The lowest BCUT2D eigenvalue weighted by Gasteiger charge is -2.26. The van der Waals surface area contributed by atoms with E-state index in [2.05, 4.69) is 5.32 Å². The fourth-order valence-electron chi connectivity index (χ4n) is 2.59. The highest BCUT2D eigenvalue weighted by atomic mass is 16.5. The zero-order valence-corrected chi connectivity index (χ0v) is 12.6. The van der Waals surface area contributed by atoms with Crippen molar-refractivity contribution in [3.05, 3.63) is 0 Å². The summed E-state index contributed by atoms with van der Waals surface area (Å²) in [6, 6.07) is -0.287. The van der Waals surface area contributed by atoms with E-state index in [9.17, 15) is 14.7 Å². The molecule has 116 valence electrons. The second-order valence-electron chi connectivity index (χ2n) is 5.47. The number of rotatable bonds is 8. The van der Waals surface area contributed by atoms with Crippen LogP contribution in [0.15, 0.2) is 0 Å². The van der Waals surface area contributed by atoms with Crippen molar-refractivity contribution in [2.75, 3.05) is 33.4 Å². The van der Waals surface area contributed by atoms with Crippen LogP contribution in [0.4, 0.5) is 0 Å². The number of likely N-dealkylation sites (tertiary alicyclic amines) is 1. The Kier molecular flexibility index (Phi) is 6.42. The first-order valence-corrected chi connectivity index (χ1v) is 7.21. The van der Waals surface area contributed by atoms with Gasteiger partial charge in [-0.25, -0.2) is 0 Å². The lowest BCUT2D eigenvalue weighted by atomic mass is 9.84. The van der Waals surface area contributed by atoms with Gasteiger partial charge >= 0.3 is 5.97 Å². The number of amides is 1. The number of nitrogens with one attached hydrogen (secondary N) is 1. The number of methoxy groups -OCH3 is 1. The Labute approximate surface area is 120 Å². The molecule has 1 amide bonds. The zero-order valence-electron chi connectivity index (χ0n) is 12.6. The van der Waals surface area contributed by atoms with Crippen LogP contribution in [-0.2, 0) is 14.3 Å². The number of carbonyl (C=O) groups is 2. The highest BCUT2D eigenvalue weighted by Gasteiger charge is 2.45. The normalized spacial score (nSPS) is 24.6. The minimum atomic E-state index is -0.754. The van der Waals surface area contributed by atoms with Crippen LogP contribution in [0, 0.1) is 5.41 Å². The van der Waals surface area contributed by atoms with E-state index in [0.717, 1.165) is 6.42 Å². The number of aliphatic carboxylic acids is 1. The lowest BCUT2D eigenvalue weighted by Crippen LogP contribution is -2.46. The molecule has 1 aliphatic heterocycles. The fraction of sp³-hybridized carbons (Fsp3) is 0.857. The average molecular weight is 286 g/mol. The predicted octanol–water partition coefficient (Wildman–Crippen LogP) is 0.714. The second-order valence-corrected chi connectivity index (χ2v) is 5.47. The third-order valence-corrected chi connectivity index (χ3v) is 4.27. The quantitative estimate of drug-likeness (QED) is 0.643. The predicted molar refractivity (Wildman–Crippen MR) is 75.5 cm³/mol. The average Bonchev–Trinajstić information content (AvgIpc) is 2.88. The van der Waals surface area contributed by atoms with E-state index in [1.54, 1.807) is 7.11 Å². The molecule has 0 aromatic rings. The van der Waals surface area contributed by atoms with E-state index in [0.29, 0.717) is 39.1 Å². The van der Waals surface area contributed by atoms with Gasteiger partial charge in [-0.3, -0.25) is 14.5 Å². The first-order chi connectivity index (χ1) is 9.46. The van der Waals surface area contributed by atoms with Gasteiger partial charge in [-0.15, -0.1) is 0 Å². The molecule has 2 unspecified atom stereocenters. The Morgan fingerprint density at radius 3 is 2.70 bits per heavy atom. The van der Waals surface area contributed by atoms with Crippen molar-refractivity contribution in [2.45, 2.75) is 39.2 Å². The molecule has 1 heterocycles. The maximum atomic E-state index is 12.0. The van der Waals surface area contributed by atoms with E-state index >= 15 is 0 Å². The Morgan fingerprint density at radius 2 is 2.20 bits per heavy atom. The molecule has 1 saturated heterocycles. The lowest BCUT2D eigenvalue weighted by molar-refractivity contribution is -0.148. The van der Waals surface area contributed by atoms with Gasteiger partial charge in [0.15, 0.2) is 0 Å². The molecule has 0 spiro atoms. The number of carbonyl (C=O) groups excluding carboxylic acids is 1. The van der Waals surface area contributed by atoms with Gasteiger partial charge < -0.3 is 15.2 Å². The van der Waals surface area contributed by atoms with Crippen LogP contribution in [0.3, 0.4) is 0 Å². The third-order valence-electron chi connectivity index (χ3n) is 4.27. The van der Waals surface area contributed by atoms with Crippen molar-refractivity contribution >= 4 is 11.9 Å². The summed E-state index contributed by atoms with van der Waals surface area (Å²) in [7, 11) is 1.63. The molecule has 20 heavy (non-hydrogen) atoms. The summed E-state index contributed by atoms with van der Waals surface area (Å²) >= 11 is 0. The molecular formula is C14H26N2O4. The summed E-state index contributed by atoms with van der Waals surface area (Å²) in [6.45, 7) is 6.05. The van der Waals surface area contributed by atoms with Gasteiger partial charge in [0.05, 0.1) is 11.5 Å². The van der Waals surface area contributed by atoms with Gasteiger partial charge in [0, 0.05) is 33.4 Å². The highest BCUT2D eigenvalue weighted by Crippen LogP contribution is 2.35. The smallest absolute Gasteiger partial charge is 0.310 e.